The van der Waals surface area contributed by atoms with Crippen LogP contribution in [0.15, 0.2) is 22.7 Å². The first-order valence-corrected chi connectivity index (χ1v) is 7.24. The Kier molecular flexibility index (Phi) is 4.90. The first kappa shape index (κ1) is 14.1. The van der Waals surface area contributed by atoms with Crippen molar-refractivity contribution in [2.45, 2.75) is 6.10 Å². The highest BCUT2D eigenvalue weighted by molar-refractivity contribution is 9.10. The summed E-state index contributed by atoms with van der Waals surface area (Å²) in [7, 11) is 0. The van der Waals surface area contributed by atoms with Gasteiger partial charge in [-0.25, -0.2) is 0 Å². The Morgan fingerprint density at radius 2 is 2.33 bits per heavy atom. The molecule has 3 nitrogen and oxygen atoms in total. The van der Waals surface area contributed by atoms with E-state index in [2.05, 4.69) is 15.9 Å². The molecule has 1 aliphatic rings. The highest BCUT2D eigenvalue weighted by atomic mass is 79.9. The SMILES string of the molecule is O=C(c1ccc(Cl)c(Br)c1)N1CCOC(CCl)C1. The Morgan fingerprint density at radius 3 is 3.00 bits per heavy atom. The summed E-state index contributed by atoms with van der Waals surface area (Å²) < 4.78 is 6.15. The van der Waals surface area contributed by atoms with E-state index in [0.29, 0.717) is 36.2 Å². The zero-order chi connectivity index (χ0) is 13.1. The lowest BCUT2D eigenvalue weighted by Gasteiger charge is -2.32. The fraction of sp³-hybridized carbons (Fsp3) is 0.417. The van der Waals surface area contributed by atoms with Gasteiger partial charge in [-0.1, -0.05) is 11.6 Å². The van der Waals surface area contributed by atoms with Gasteiger partial charge in [-0.05, 0) is 34.1 Å². The van der Waals surface area contributed by atoms with E-state index in [9.17, 15) is 4.79 Å². The van der Waals surface area contributed by atoms with Crippen LogP contribution in [0.25, 0.3) is 0 Å². The van der Waals surface area contributed by atoms with Crippen molar-refractivity contribution in [1.29, 1.82) is 0 Å². The second kappa shape index (κ2) is 6.24. The maximum atomic E-state index is 12.3. The van der Waals surface area contributed by atoms with Crippen molar-refractivity contribution in [2.75, 3.05) is 25.6 Å². The third-order valence-electron chi connectivity index (χ3n) is 2.76. The van der Waals surface area contributed by atoms with Gasteiger partial charge < -0.3 is 9.64 Å². The van der Waals surface area contributed by atoms with Crippen LogP contribution in [0.1, 0.15) is 10.4 Å². The van der Waals surface area contributed by atoms with Crippen molar-refractivity contribution in [2.24, 2.45) is 0 Å². The number of halogens is 3. The molecule has 1 atom stereocenters. The molecule has 0 aromatic heterocycles. The van der Waals surface area contributed by atoms with Gasteiger partial charge in [0.25, 0.3) is 5.91 Å². The number of carbonyl (C=O) groups excluding carboxylic acids is 1. The largest absolute Gasteiger partial charge is 0.373 e. The second-order valence-corrected chi connectivity index (χ2v) is 5.60. The number of ether oxygens (including phenoxy) is 1. The smallest absolute Gasteiger partial charge is 0.254 e. The van der Waals surface area contributed by atoms with Crippen LogP contribution in [0.5, 0.6) is 0 Å². The molecule has 1 aliphatic heterocycles. The van der Waals surface area contributed by atoms with Crippen molar-refractivity contribution >= 4 is 45.0 Å². The summed E-state index contributed by atoms with van der Waals surface area (Å²) >= 11 is 15.0. The Morgan fingerprint density at radius 1 is 1.56 bits per heavy atom. The number of nitrogens with zero attached hydrogens (tertiary/aromatic N) is 1. The highest BCUT2D eigenvalue weighted by Gasteiger charge is 2.24. The van der Waals surface area contributed by atoms with Gasteiger partial charge in [0.15, 0.2) is 0 Å². The lowest BCUT2D eigenvalue weighted by Crippen LogP contribution is -2.46. The highest BCUT2D eigenvalue weighted by Crippen LogP contribution is 2.24. The lowest BCUT2D eigenvalue weighted by molar-refractivity contribution is -0.0108. The van der Waals surface area contributed by atoms with E-state index >= 15 is 0 Å². The molecular weight excluding hydrogens is 341 g/mol. The summed E-state index contributed by atoms with van der Waals surface area (Å²) in [6, 6.07) is 5.16. The van der Waals surface area contributed by atoms with Gasteiger partial charge in [0.2, 0.25) is 0 Å². The summed E-state index contributed by atoms with van der Waals surface area (Å²) in [5.74, 6) is 0.374. The number of alkyl halides is 1. The molecule has 98 valence electrons. The summed E-state index contributed by atoms with van der Waals surface area (Å²) in [4.78, 5) is 14.0. The molecule has 1 aromatic carbocycles. The van der Waals surface area contributed by atoms with Gasteiger partial charge >= 0.3 is 0 Å². The molecule has 1 amide bonds. The molecule has 18 heavy (non-hydrogen) atoms. The molecule has 0 bridgehead atoms. The van der Waals surface area contributed by atoms with E-state index in [1.54, 1.807) is 23.1 Å². The number of amides is 1. The van der Waals surface area contributed by atoms with Crippen LogP contribution in [0.3, 0.4) is 0 Å². The predicted molar refractivity (Wildman–Crippen MR) is 75.5 cm³/mol. The number of morpholine rings is 1. The molecular formula is C12H12BrCl2NO2. The molecule has 0 N–H and O–H groups in total. The number of hydrogen-bond donors (Lipinski definition) is 0. The monoisotopic (exact) mass is 351 g/mol. The summed E-state index contributed by atoms with van der Waals surface area (Å²) in [6.45, 7) is 1.65. The first-order valence-electron chi connectivity index (χ1n) is 5.53. The summed E-state index contributed by atoms with van der Waals surface area (Å²) in [5.41, 5.74) is 0.612. The predicted octanol–water partition coefficient (Wildman–Crippen LogP) is 3.18. The molecule has 1 aromatic rings. The van der Waals surface area contributed by atoms with E-state index in [1.807, 2.05) is 0 Å². The lowest BCUT2D eigenvalue weighted by atomic mass is 10.2. The molecule has 0 radical (unpaired) electrons. The van der Waals surface area contributed by atoms with Gasteiger partial charge in [0.1, 0.15) is 0 Å². The normalized spacial score (nSPS) is 19.9. The van der Waals surface area contributed by atoms with Crippen LogP contribution in [-0.4, -0.2) is 42.5 Å². The van der Waals surface area contributed by atoms with Gasteiger partial charge in [0, 0.05) is 23.1 Å². The fourth-order valence-corrected chi connectivity index (χ4v) is 2.49. The van der Waals surface area contributed by atoms with Gasteiger partial charge in [-0.3, -0.25) is 4.79 Å². The zero-order valence-electron chi connectivity index (χ0n) is 9.54. The van der Waals surface area contributed by atoms with Crippen LogP contribution >= 0.6 is 39.1 Å². The molecule has 1 fully saturated rings. The van der Waals surface area contributed by atoms with Crippen LogP contribution in [-0.2, 0) is 4.74 Å². The van der Waals surface area contributed by atoms with Crippen molar-refractivity contribution in [3.63, 3.8) is 0 Å². The zero-order valence-corrected chi connectivity index (χ0v) is 12.6. The van der Waals surface area contributed by atoms with E-state index in [4.69, 9.17) is 27.9 Å². The van der Waals surface area contributed by atoms with Crippen LogP contribution in [0, 0.1) is 0 Å². The average molecular weight is 353 g/mol. The quantitative estimate of drug-likeness (QED) is 0.765. The Labute approximate surface area is 124 Å². The number of rotatable bonds is 2. The van der Waals surface area contributed by atoms with E-state index in [-0.39, 0.29) is 12.0 Å². The standard InChI is InChI=1S/C12H12BrCl2NO2/c13-10-5-8(1-2-11(10)15)12(17)16-3-4-18-9(6-14)7-16/h1-2,5,9H,3-4,6-7H2. The average Bonchev–Trinajstić information content (AvgIpc) is 2.41. The van der Waals surface area contributed by atoms with Gasteiger partial charge in [-0.15, -0.1) is 11.6 Å². The first-order chi connectivity index (χ1) is 8.61. The minimum atomic E-state index is -0.0832. The third-order valence-corrected chi connectivity index (χ3v) is 4.32. The van der Waals surface area contributed by atoms with E-state index in [1.165, 1.54) is 0 Å². The van der Waals surface area contributed by atoms with Gasteiger partial charge in [-0.2, -0.15) is 0 Å². The van der Waals surface area contributed by atoms with Crippen molar-refractivity contribution in [3.05, 3.63) is 33.3 Å². The van der Waals surface area contributed by atoms with E-state index in [0.717, 1.165) is 4.47 Å². The molecule has 0 saturated carbocycles. The fourth-order valence-electron chi connectivity index (χ4n) is 1.81. The Balaban J connectivity index is 2.12. The van der Waals surface area contributed by atoms with Crippen LogP contribution in [0.4, 0.5) is 0 Å². The summed E-state index contributed by atoms with van der Waals surface area (Å²) in [6.07, 6.45) is -0.0832. The minimum Gasteiger partial charge on any atom is -0.373 e. The van der Waals surface area contributed by atoms with Crippen LogP contribution < -0.4 is 0 Å². The Hall–Kier alpha value is -0.290. The molecule has 1 heterocycles. The van der Waals surface area contributed by atoms with E-state index < -0.39 is 0 Å². The van der Waals surface area contributed by atoms with Crippen molar-refractivity contribution < 1.29 is 9.53 Å². The minimum absolute atomic E-state index is 0.0224. The molecule has 1 unspecified atom stereocenters. The molecule has 1 saturated heterocycles. The maximum Gasteiger partial charge on any atom is 0.254 e. The molecule has 6 heteroatoms. The van der Waals surface area contributed by atoms with Gasteiger partial charge in [0.05, 0.1) is 23.6 Å². The second-order valence-electron chi connectivity index (χ2n) is 4.03. The van der Waals surface area contributed by atoms with Crippen LogP contribution in [0.2, 0.25) is 5.02 Å². The number of hydrogen-bond acceptors (Lipinski definition) is 2. The van der Waals surface area contributed by atoms with Crippen molar-refractivity contribution in [1.82, 2.24) is 4.90 Å². The van der Waals surface area contributed by atoms with Crippen molar-refractivity contribution in [3.8, 4) is 0 Å². The summed E-state index contributed by atoms with van der Waals surface area (Å²) in [5, 5.41) is 0.590. The third kappa shape index (κ3) is 3.18. The molecule has 2 rings (SSSR count). The number of benzene rings is 1. The number of carbonyl (C=O) groups is 1. The Bertz CT molecular complexity index is 456. The topological polar surface area (TPSA) is 29.5 Å². The maximum absolute atomic E-state index is 12.3. The molecule has 0 spiro atoms. The molecule has 0 aliphatic carbocycles.